The first kappa shape index (κ1) is 17.9. The van der Waals surface area contributed by atoms with E-state index in [1.54, 1.807) is 41.4 Å². The molecule has 148 valence electrons. The summed E-state index contributed by atoms with van der Waals surface area (Å²) >= 11 is 0. The fourth-order valence-corrected chi connectivity index (χ4v) is 3.36. The summed E-state index contributed by atoms with van der Waals surface area (Å²) < 4.78 is 22.4. The normalized spacial score (nSPS) is 11.1. The number of hydrogen-bond acceptors (Lipinski definition) is 3. The Kier molecular flexibility index (Phi) is 4.40. The van der Waals surface area contributed by atoms with E-state index in [-0.39, 0.29) is 11.7 Å². The average Bonchev–Trinajstić information content (AvgIpc) is 3.52. The number of hydrogen-bond donors (Lipinski definition) is 1. The molecule has 30 heavy (non-hydrogen) atoms. The van der Waals surface area contributed by atoms with Crippen molar-refractivity contribution in [3.05, 3.63) is 103 Å². The van der Waals surface area contributed by atoms with Gasteiger partial charge >= 0.3 is 0 Å². The van der Waals surface area contributed by atoms with Crippen molar-refractivity contribution in [2.45, 2.75) is 6.54 Å². The average molecular weight is 400 g/mol. The monoisotopic (exact) mass is 400 g/mol. The standard InChI is InChI=1S/C23H17FN4O2/c24-18-4-1-3-16(13-18)17-6-7-19-8-9-22(27(19)15-17)28-11-10-21(26-28)23(29)25-14-20-5-2-12-30-20/h1-13,15H,14H2,(H,25,29). The lowest BCUT2D eigenvalue weighted by Gasteiger charge is -2.07. The van der Waals surface area contributed by atoms with Crippen LogP contribution in [0.15, 0.2) is 89.8 Å². The molecule has 0 saturated carbocycles. The van der Waals surface area contributed by atoms with Crippen molar-refractivity contribution in [2.24, 2.45) is 0 Å². The highest BCUT2D eigenvalue weighted by Gasteiger charge is 2.13. The summed E-state index contributed by atoms with van der Waals surface area (Å²) in [5.74, 6) is 0.877. The maximum Gasteiger partial charge on any atom is 0.272 e. The maximum atomic E-state index is 13.6. The number of rotatable bonds is 5. The Bertz CT molecular complexity index is 1330. The molecule has 0 spiro atoms. The summed E-state index contributed by atoms with van der Waals surface area (Å²) in [6.07, 6.45) is 5.22. The Morgan fingerprint density at radius 3 is 2.77 bits per heavy atom. The Hall–Kier alpha value is -4.13. The summed E-state index contributed by atoms with van der Waals surface area (Å²) in [5.41, 5.74) is 2.93. The Morgan fingerprint density at radius 2 is 1.93 bits per heavy atom. The topological polar surface area (TPSA) is 64.5 Å². The number of aromatic nitrogens is 3. The minimum absolute atomic E-state index is 0.280. The predicted octanol–water partition coefficient (Wildman–Crippen LogP) is 4.45. The summed E-state index contributed by atoms with van der Waals surface area (Å²) in [5, 5.41) is 7.19. The van der Waals surface area contributed by atoms with Crippen LogP contribution in [0.4, 0.5) is 4.39 Å². The van der Waals surface area contributed by atoms with Crippen molar-refractivity contribution in [1.82, 2.24) is 19.5 Å². The zero-order chi connectivity index (χ0) is 20.5. The van der Waals surface area contributed by atoms with E-state index in [2.05, 4.69) is 10.4 Å². The van der Waals surface area contributed by atoms with Crippen molar-refractivity contribution in [1.29, 1.82) is 0 Å². The molecule has 0 fully saturated rings. The third-order valence-electron chi connectivity index (χ3n) is 4.85. The number of fused-ring (bicyclic) bond motifs is 1. The molecule has 1 amide bonds. The third-order valence-corrected chi connectivity index (χ3v) is 4.85. The van der Waals surface area contributed by atoms with E-state index < -0.39 is 0 Å². The molecule has 0 aliphatic rings. The van der Waals surface area contributed by atoms with Gasteiger partial charge in [0.2, 0.25) is 0 Å². The molecule has 6 nitrogen and oxygen atoms in total. The van der Waals surface area contributed by atoms with Crippen molar-refractivity contribution < 1.29 is 13.6 Å². The molecular formula is C23H17FN4O2. The summed E-state index contributed by atoms with van der Waals surface area (Å²) in [6, 6.07) is 19.5. The van der Waals surface area contributed by atoms with Gasteiger partial charge in [0, 0.05) is 17.9 Å². The third kappa shape index (κ3) is 3.37. The minimum Gasteiger partial charge on any atom is -0.467 e. The molecule has 4 heterocycles. The van der Waals surface area contributed by atoms with E-state index in [4.69, 9.17) is 4.42 Å². The highest BCUT2D eigenvalue weighted by molar-refractivity contribution is 5.92. The van der Waals surface area contributed by atoms with Gasteiger partial charge in [0.05, 0.1) is 12.8 Å². The number of pyridine rings is 1. The molecule has 7 heteroatoms. The predicted molar refractivity (Wildman–Crippen MR) is 110 cm³/mol. The molecule has 0 saturated heterocycles. The number of nitrogens with zero attached hydrogens (tertiary/aromatic N) is 3. The van der Waals surface area contributed by atoms with Gasteiger partial charge in [0.15, 0.2) is 5.69 Å². The molecule has 4 aromatic heterocycles. The van der Waals surface area contributed by atoms with Crippen molar-refractivity contribution in [3.8, 4) is 16.9 Å². The van der Waals surface area contributed by atoms with Gasteiger partial charge in [-0.2, -0.15) is 5.10 Å². The van der Waals surface area contributed by atoms with Gasteiger partial charge in [-0.05, 0) is 59.7 Å². The van der Waals surface area contributed by atoms with Crippen LogP contribution in [0.25, 0.3) is 22.5 Å². The fourth-order valence-electron chi connectivity index (χ4n) is 3.36. The van der Waals surface area contributed by atoms with Crippen LogP contribution in [0.2, 0.25) is 0 Å². The molecule has 5 rings (SSSR count). The molecule has 0 aliphatic carbocycles. The Labute approximate surface area is 171 Å². The van der Waals surface area contributed by atoms with Gasteiger partial charge in [-0.15, -0.1) is 0 Å². The number of carbonyl (C=O) groups is 1. The van der Waals surface area contributed by atoms with Crippen molar-refractivity contribution >= 4 is 11.4 Å². The van der Waals surface area contributed by atoms with Gasteiger partial charge in [-0.3, -0.25) is 4.79 Å². The van der Waals surface area contributed by atoms with Crippen LogP contribution >= 0.6 is 0 Å². The highest BCUT2D eigenvalue weighted by Crippen LogP contribution is 2.23. The van der Waals surface area contributed by atoms with Crippen LogP contribution in [0.5, 0.6) is 0 Å². The molecule has 1 aromatic carbocycles. The van der Waals surface area contributed by atoms with E-state index in [1.807, 2.05) is 40.9 Å². The van der Waals surface area contributed by atoms with Gasteiger partial charge in [0.25, 0.3) is 5.91 Å². The summed E-state index contributed by atoms with van der Waals surface area (Å²) in [7, 11) is 0. The molecular weight excluding hydrogens is 383 g/mol. The highest BCUT2D eigenvalue weighted by atomic mass is 19.1. The van der Waals surface area contributed by atoms with E-state index >= 15 is 0 Å². The molecule has 5 aromatic rings. The minimum atomic E-state index is -0.286. The summed E-state index contributed by atoms with van der Waals surface area (Å²) in [6.45, 7) is 0.295. The van der Waals surface area contributed by atoms with Crippen molar-refractivity contribution in [3.63, 3.8) is 0 Å². The van der Waals surface area contributed by atoms with Gasteiger partial charge in [0.1, 0.15) is 17.4 Å². The van der Waals surface area contributed by atoms with Gasteiger partial charge < -0.3 is 14.1 Å². The Morgan fingerprint density at radius 1 is 1.03 bits per heavy atom. The van der Waals surface area contributed by atoms with Gasteiger partial charge in [-0.25, -0.2) is 9.07 Å². The lowest BCUT2D eigenvalue weighted by atomic mass is 10.1. The number of halogens is 1. The second kappa shape index (κ2) is 7.36. The number of furan rings is 1. The lowest BCUT2D eigenvalue weighted by molar-refractivity contribution is 0.0942. The zero-order valence-corrected chi connectivity index (χ0v) is 15.8. The molecule has 0 radical (unpaired) electrons. The summed E-state index contributed by atoms with van der Waals surface area (Å²) in [4.78, 5) is 12.4. The molecule has 0 aliphatic heterocycles. The van der Waals surface area contributed by atoms with E-state index in [9.17, 15) is 9.18 Å². The second-order valence-electron chi connectivity index (χ2n) is 6.82. The number of benzene rings is 1. The Balaban J connectivity index is 1.43. The first-order valence-electron chi connectivity index (χ1n) is 9.41. The van der Waals surface area contributed by atoms with Gasteiger partial charge in [-0.1, -0.05) is 18.2 Å². The fraction of sp³-hybridized carbons (Fsp3) is 0.0435. The molecule has 0 bridgehead atoms. The van der Waals surface area contributed by atoms with Crippen LogP contribution in [0.3, 0.4) is 0 Å². The molecule has 0 atom stereocenters. The molecule has 1 N–H and O–H groups in total. The SMILES string of the molecule is O=C(NCc1ccco1)c1ccn(-c2ccc3ccc(-c4cccc(F)c4)cn23)n1. The van der Waals surface area contributed by atoms with Crippen LogP contribution in [0.1, 0.15) is 16.2 Å². The van der Waals surface area contributed by atoms with E-state index in [0.29, 0.717) is 18.0 Å². The smallest absolute Gasteiger partial charge is 0.272 e. The van der Waals surface area contributed by atoms with E-state index in [0.717, 1.165) is 22.5 Å². The second-order valence-corrected chi connectivity index (χ2v) is 6.82. The van der Waals surface area contributed by atoms with E-state index in [1.165, 1.54) is 12.1 Å². The van der Waals surface area contributed by atoms with Crippen molar-refractivity contribution in [2.75, 3.05) is 0 Å². The molecule has 0 unspecified atom stereocenters. The number of amides is 1. The van der Waals surface area contributed by atoms with Crippen LogP contribution in [-0.2, 0) is 6.54 Å². The maximum absolute atomic E-state index is 13.6. The first-order valence-corrected chi connectivity index (χ1v) is 9.41. The number of nitrogens with one attached hydrogen (secondary N) is 1. The number of carbonyl (C=O) groups excluding carboxylic acids is 1. The first-order chi connectivity index (χ1) is 14.7. The quantitative estimate of drug-likeness (QED) is 0.474. The van der Waals surface area contributed by atoms with Crippen LogP contribution in [-0.4, -0.2) is 20.1 Å². The van der Waals surface area contributed by atoms with Crippen LogP contribution in [0, 0.1) is 5.82 Å². The zero-order valence-electron chi connectivity index (χ0n) is 15.8. The lowest BCUT2D eigenvalue weighted by Crippen LogP contribution is -2.23. The largest absolute Gasteiger partial charge is 0.467 e. The van der Waals surface area contributed by atoms with Crippen LogP contribution < -0.4 is 5.32 Å².